The molecule has 9 nitrogen and oxygen atoms in total. The lowest BCUT2D eigenvalue weighted by atomic mass is 9.99. The molecule has 4 unspecified atom stereocenters. The van der Waals surface area contributed by atoms with Crippen molar-refractivity contribution in [2.24, 2.45) is 0 Å². The zero-order valence-corrected chi connectivity index (χ0v) is 13.7. The molecule has 0 saturated carbocycles. The molecule has 0 bridgehead atoms. The molecule has 9 heteroatoms. The number of para-hydroxylation sites is 1. The summed E-state index contributed by atoms with van der Waals surface area (Å²) in [6, 6.07) is 6.68. The number of rotatable bonds is 7. The highest BCUT2D eigenvalue weighted by Crippen LogP contribution is 2.29. The molecule has 1 heterocycles. The first-order valence-corrected chi connectivity index (χ1v) is 7.81. The standard InChI is InChI=1S/C16H24O9/c1-23-9-5-3-2-4-8(9)12(18)10(6-17)24-7-11-13(19)14(20)15(21)16(22)25-11/h2-5,10-22H,6-7H2,1H3/t10?,11?,12?,13-,14-,15?,16+/m1/s1. The first-order valence-electron chi connectivity index (χ1n) is 7.81. The Kier molecular flexibility index (Phi) is 7.11. The van der Waals surface area contributed by atoms with E-state index in [-0.39, 0.29) is 6.61 Å². The number of aliphatic hydroxyl groups excluding tert-OH is 6. The molecule has 7 atom stereocenters. The van der Waals surface area contributed by atoms with Crippen LogP contribution in [0, 0.1) is 0 Å². The number of aliphatic hydroxyl groups is 6. The van der Waals surface area contributed by atoms with Gasteiger partial charge >= 0.3 is 0 Å². The van der Waals surface area contributed by atoms with Crippen LogP contribution in [0.4, 0.5) is 0 Å². The molecule has 1 aromatic rings. The summed E-state index contributed by atoms with van der Waals surface area (Å²) in [5.41, 5.74) is 0.407. The van der Waals surface area contributed by atoms with E-state index < -0.39 is 49.5 Å². The van der Waals surface area contributed by atoms with Crippen molar-refractivity contribution < 1.29 is 44.8 Å². The molecule has 1 saturated heterocycles. The highest BCUT2D eigenvalue weighted by atomic mass is 16.6. The molecule has 0 aliphatic carbocycles. The van der Waals surface area contributed by atoms with Crippen LogP contribution in [-0.2, 0) is 9.47 Å². The molecule has 25 heavy (non-hydrogen) atoms. The van der Waals surface area contributed by atoms with Gasteiger partial charge in [-0.3, -0.25) is 0 Å². The number of hydrogen-bond donors (Lipinski definition) is 6. The van der Waals surface area contributed by atoms with Crippen molar-refractivity contribution in [3.63, 3.8) is 0 Å². The molecule has 0 spiro atoms. The van der Waals surface area contributed by atoms with Crippen molar-refractivity contribution in [1.82, 2.24) is 0 Å². The molecule has 6 N–H and O–H groups in total. The Labute approximate surface area is 144 Å². The van der Waals surface area contributed by atoms with Crippen LogP contribution in [0.15, 0.2) is 24.3 Å². The molecule has 142 valence electrons. The van der Waals surface area contributed by atoms with E-state index in [0.29, 0.717) is 11.3 Å². The largest absolute Gasteiger partial charge is 0.496 e. The van der Waals surface area contributed by atoms with E-state index >= 15 is 0 Å². The fraction of sp³-hybridized carbons (Fsp3) is 0.625. The Balaban J connectivity index is 2.02. The van der Waals surface area contributed by atoms with Crippen LogP contribution in [-0.4, -0.2) is 87.8 Å². The zero-order chi connectivity index (χ0) is 18.6. The second-order valence-electron chi connectivity index (χ2n) is 5.78. The summed E-state index contributed by atoms with van der Waals surface area (Å²) in [7, 11) is 1.45. The van der Waals surface area contributed by atoms with Gasteiger partial charge in [0.05, 0.1) is 20.3 Å². The second kappa shape index (κ2) is 8.88. The minimum atomic E-state index is -1.68. The highest BCUT2D eigenvalue weighted by Gasteiger charge is 2.43. The summed E-state index contributed by atoms with van der Waals surface area (Å²) in [6.45, 7) is -0.866. The lowest BCUT2D eigenvalue weighted by molar-refractivity contribution is -0.292. The number of hydrogen-bond acceptors (Lipinski definition) is 9. The molecule has 2 rings (SSSR count). The van der Waals surface area contributed by atoms with Crippen molar-refractivity contribution in [3.05, 3.63) is 29.8 Å². The van der Waals surface area contributed by atoms with Crippen LogP contribution < -0.4 is 4.74 Å². The molecule has 0 amide bonds. The maximum absolute atomic E-state index is 10.4. The summed E-state index contributed by atoms with van der Waals surface area (Å²) in [4.78, 5) is 0. The minimum absolute atomic E-state index is 0.334. The number of ether oxygens (including phenoxy) is 3. The van der Waals surface area contributed by atoms with Gasteiger partial charge in [0, 0.05) is 5.56 Å². The Bertz CT molecular complexity index is 540. The first kappa shape index (κ1) is 20.0. The van der Waals surface area contributed by atoms with E-state index in [1.807, 2.05) is 0 Å². The van der Waals surface area contributed by atoms with Gasteiger partial charge in [-0.1, -0.05) is 18.2 Å². The highest BCUT2D eigenvalue weighted by molar-refractivity contribution is 5.35. The van der Waals surface area contributed by atoms with Gasteiger partial charge in [0.2, 0.25) is 0 Å². The third-order valence-electron chi connectivity index (χ3n) is 4.15. The fourth-order valence-electron chi connectivity index (χ4n) is 2.64. The molecule has 1 fully saturated rings. The third-order valence-corrected chi connectivity index (χ3v) is 4.15. The summed E-state index contributed by atoms with van der Waals surface area (Å²) in [5, 5.41) is 58.4. The van der Waals surface area contributed by atoms with Gasteiger partial charge < -0.3 is 44.8 Å². The van der Waals surface area contributed by atoms with Crippen molar-refractivity contribution in [1.29, 1.82) is 0 Å². The lowest BCUT2D eigenvalue weighted by Gasteiger charge is -2.38. The predicted molar refractivity (Wildman–Crippen MR) is 83.7 cm³/mol. The topological polar surface area (TPSA) is 149 Å². The fourth-order valence-corrected chi connectivity index (χ4v) is 2.64. The van der Waals surface area contributed by atoms with Gasteiger partial charge in [-0.15, -0.1) is 0 Å². The molecule has 0 radical (unpaired) electrons. The van der Waals surface area contributed by atoms with E-state index in [0.717, 1.165) is 0 Å². The average molecular weight is 360 g/mol. The Hall–Kier alpha value is -1.30. The summed E-state index contributed by atoms with van der Waals surface area (Å²) in [5.74, 6) is 0.417. The normalized spacial score (nSPS) is 32.2. The average Bonchev–Trinajstić information content (AvgIpc) is 2.64. The molecule has 1 aromatic carbocycles. The van der Waals surface area contributed by atoms with Crippen molar-refractivity contribution >= 4 is 0 Å². The van der Waals surface area contributed by atoms with Crippen molar-refractivity contribution in [2.75, 3.05) is 20.3 Å². The van der Waals surface area contributed by atoms with E-state index in [4.69, 9.17) is 14.2 Å². The minimum Gasteiger partial charge on any atom is -0.496 e. The SMILES string of the molecule is COc1ccccc1C(O)C(CO)OCC1O[C@H](O)C(O)[C@H](O)[C@@H]1O. The van der Waals surface area contributed by atoms with Crippen LogP contribution in [0.25, 0.3) is 0 Å². The number of methoxy groups -OCH3 is 1. The van der Waals surface area contributed by atoms with Crippen molar-refractivity contribution in [3.8, 4) is 5.75 Å². The maximum atomic E-state index is 10.4. The molecule has 1 aliphatic heterocycles. The van der Waals surface area contributed by atoms with Crippen LogP contribution >= 0.6 is 0 Å². The molecule has 0 aromatic heterocycles. The predicted octanol–water partition coefficient (Wildman–Crippen LogP) is -2.09. The van der Waals surface area contributed by atoms with Crippen LogP contribution in [0.1, 0.15) is 11.7 Å². The van der Waals surface area contributed by atoms with Crippen molar-refractivity contribution in [2.45, 2.75) is 42.9 Å². The summed E-state index contributed by atoms with van der Waals surface area (Å²) >= 11 is 0. The second-order valence-corrected chi connectivity index (χ2v) is 5.78. The van der Waals surface area contributed by atoms with E-state index in [2.05, 4.69) is 0 Å². The van der Waals surface area contributed by atoms with E-state index in [1.165, 1.54) is 7.11 Å². The Morgan fingerprint density at radius 3 is 2.40 bits per heavy atom. The summed E-state index contributed by atoms with van der Waals surface area (Å²) in [6.07, 6.45) is -9.86. The van der Waals surface area contributed by atoms with Crippen LogP contribution in [0.3, 0.4) is 0 Å². The lowest BCUT2D eigenvalue weighted by Crippen LogP contribution is -2.58. The van der Waals surface area contributed by atoms with E-state index in [1.54, 1.807) is 24.3 Å². The third kappa shape index (κ3) is 4.46. The molecular weight excluding hydrogens is 336 g/mol. The van der Waals surface area contributed by atoms with Gasteiger partial charge in [0.1, 0.15) is 42.4 Å². The van der Waals surface area contributed by atoms with Gasteiger partial charge in [-0.25, -0.2) is 0 Å². The first-order chi connectivity index (χ1) is 11.9. The van der Waals surface area contributed by atoms with Gasteiger partial charge in [-0.05, 0) is 6.07 Å². The monoisotopic (exact) mass is 360 g/mol. The van der Waals surface area contributed by atoms with Crippen LogP contribution in [0.2, 0.25) is 0 Å². The Morgan fingerprint density at radius 2 is 1.76 bits per heavy atom. The smallest absolute Gasteiger partial charge is 0.184 e. The van der Waals surface area contributed by atoms with Gasteiger partial charge in [0.15, 0.2) is 6.29 Å². The number of benzene rings is 1. The van der Waals surface area contributed by atoms with Crippen LogP contribution in [0.5, 0.6) is 5.75 Å². The maximum Gasteiger partial charge on any atom is 0.184 e. The van der Waals surface area contributed by atoms with Gasteiger partial charge in [-0.2, -0.15) is 0 Å². The quantitative estimate of drug-likeness (QED) is 0.322. The van der Waals surface area contributed by atoms with E-state index in [9.17, 15) is 30.6 Å². The zero-order valence-electron chi connectivity index (χ0n) is 13.7. The molecule has 1 aliphatic rings. The van der Waals surface area contributed by atoms with Gasteiger partial charge in [0.25, 0.3) is 0 Å². The molecular formula is C16H24O9. The Morgan fingerprint density at radius 1 is 1.08 bits per heavy atom. The summed E-state index contributed by atoms with van der Waals surface area (Å²) < 4.78 is 15.6.